The van der Waals surface area contributed by atoms with Crippen molar-refractivity contribution in [2.45, 2.75) is 13.0 Å². The molecule has 2 aromatic rings. The maximum Gasteiger partial charge on any atom is 0.322 e. The van der Waals surface area contributed by atoms with E-state index in [4.69, 9.17) is 9.84 Å². The number of carboxylic acid groups (broad SMARTS) is 1. The summed E-state index contributed by atoms with van der Waals surface area (Å²) in [5.41, 5.74) is 1.96. The summed E-state index contributed by atoms with van der Waals surface area (Å²) in [5, 5.41) is 20.8. The lowest BCUT2D eigenvalue weighted by atomic mass is 10.0. The Morgan fingerprint density at radius 1 is 1.23 bits per heavy atom. The number of hydrogen-bond acceptors (Lipinski definition) is 6. The number of pyridine rings is 1. The fourth-order valence-electron chi connectivity index (χ4n) is 3.13. The molecule has 156 valence electrons. The summed E-state index contributed by atoms with van der Waals surface area (Å²) in [4.78, 5) is 41.2. The van der Waals surface area contributed by atoms with Crippen molar-refractivity contribution < 1.29 is 29.3 Å². The molecule has 0 aliphatic carbocycles. The van der Waals surface area contributed by atoms with E-state index in [-0.39, 0.29) is 25.3 Å². The van der Waals surface area contributed by atoms with Crippen LogP contribution in [0.1, 0.15) is 12.0 Å². The summed E-state index contributed by atoms with van der Waals surface area (Å²) in [5.74, 6) is -2.47. The summed E-state index contributed by atoms with van der Waals surface area (Å²) in [6.07, 6.45) is 1.79. The van der Waals surface area contributed by atoms with E-state index in [1.54, 1.807) is 19.4 Å². The van der Waals surface area contributed by atoms with Gasteiger partial charge in [-0.2, -0.15) is 0 Å². The van der Waals surface area contributed by atoms with Crippen molar-refractivity contribution in [3.05, 3.63) is 59.5 Å². The number of aliphatic hydroxyl groups is 1. The minimum Gasteiger partial charge on any atom is -0.511 e. The van der Waals surface area contributed by atoms with Crippen molar-refractivity contribution in [1.82, 2.24) is 15.2 Å². The minimum absolute atomic E-state index is 0.116. The Hall–Kier alpha value is -3.88. The number of carbonyl (C=O) groups excluding carboxylic acids is 2. The highest BCUT2D eigenvalue weighted by Crippen LogP contribution is 2.28. The maximum atomic E-state index is 12.7. The van der Waals surface area contributed by atoms with Gasteiger partial charge in [-0.1, -0.05) is 24.3 Å². The number of amides is 2. The van der Waals surface area contributed by atoms with Crippen LogP contribution in [-0.2, 0) is 20.9 Å². The Kier molecular flexibility index (Phi) is 6.31. The van der Waals surface area contributed by atoms with Gasteiger partial charge in [-0.15, -0.1) is 0 Å². The molecular weight excluding hydrogens is 390 g/mol. The summed E-state index contributed by atoms with van der Waals surface area (Å²) >= 11 is 0. The predicted octanol–water partition coefficient (Wildman–Crippen LogP) is 1.50. The van der Waals surface area contributed by atoms with Gasteiger partial charge >= 0.3 is 5.97 Å². The zero-order valence-electron chi connectivity index (χ0n) is 16.3. The van der Waals surface area contributed by atoms with Crippen molar-refractivity contribution >= 4 is 17.8 Å². The fourth-order valence-corrected chi connectivity index (χ4v) is 3.13. The van der Waals surface area contributed by atoms with E-state index in [9.17, 15) is 19.5 Å². The second-order valence-corrected chi connectivity index (χ2v) is 6.63. The number of benzene rings is 1. The lowest BCUT2D eigenvalue weighted by molar-refractivity contribution is -0.138. The summed E-state index contributed by atoms with van der Waals surface area (Å²) in [6.45, 7) is -0.154. The first-order valence-electron chi connectivity index (χ1n) is 9.20. The van der Waals surface area contributed by atoms with Gasteiger partial charge in [0, 0.05) is 31.3 Å². The second-order valence-electron chi connectivity index (χ2n) is 6.63. The molecule has 2 amide bonds. The Labute approximate surface area is 172 Å². The molecular formula is C21H21N3O6. The predicted molar refractivity (Wildman–Crippen MR) is 107 cm³/mol. The van der Waals surface area contributed by atoms with Crippen LogP contribution >= 0.6 is 0 Å². The molecule has 3 rings (SSSR count). The molecule has 1 aliphatic rings. The zero-order chi connectivity index (χ0) is 21.7. The van der Waals surface area contributed by atoms with Gasteiger partial charge in [0.05, 0.1) is 7.11 Å². The van der Waals surface area contributed by atoms with Gasteiger partial charge in [0.1, 0.15) is 29.3 Å². The molecule has 0 saturated carbocycles. The Morgan fingerprint density at radius 2 is 1.97 bits per heavy atom. The number of aliphatic carboxylic acids is 1. The SMILES string of the molecule is COc1cccnc1-c1ccc(CN2CCC(O)=C(C(=O)NCC(=O)O)C2=O)cc1. The standard InChI is InChI=1S/C21H21N3O6/c1-30-16-3-2-9-22-19(16)14-6-4-13(5-7-14)12-24-10-8-15(25)18(21(24)29)20(28)23-11-17(26)27/h2-7,9,25H,8,10-12H2,1H3,(H,23,28)(H,26,27). The molecule has 0 spiro atoms. The fraction of sp³-hybridized carbons (Fsp3) is 0.238. The lowest BCUT2D eigenvalue weighted by Gasteiger charge is -2.28. The number of ether oxygens (including phenoxy) is 1. The number of methoxy groups -OCH3 is 1. The Balaban J connectivity index is 1.73. The molecule has 0 unspecified atom stereocenters. The van der Waals surface area contributed by atoms with E-state index in [2.05, 4.69) is 10.3 Å². The average Bonchev–Trinajstić information content (AvgIpc) is 2.75. The van der Waals surface area contributed by atoms with Gasteiger partial charge in [0.25, 0.3) is 11.8 Å². The molecule has 9 nitrogen and oxygen atoms in total. The Morgan fingerprint density at radius 3 is 2.63 bits per heavy atom. The number of nitrogens with one attached hydrogen (secondary N) is 1. The van der Waals surface area contributed by atoms with Gasteiger partial charge in [-0.05, 0) is 17.7 Å². The minimum atomic E-state index is -1.24. The van der Waals surface area contributed by atoms with Crippen molar-refractivity contribution in [3.8, 4) is 17.0 Å². The molecule has 1 aromatic carbocycles. The molecule has 1 aromatic heterocycles. The molecule has 0 fully saturated rings. The maximum absolute atomic E-state index is 12.7. The van der Waals surface area contributed by atoms with Crippen molar-refractivity contribution in [2.24, 2.45) is 0 Å². The molecule has 30 heavy (non-hydrogen) atoms. The molecule has 0 radical (unpaired) electrons. The van der Waals surface area contributed by atoms with Crippen molar-refractivity contribution in [1.29, 1.82) is 0 Å². The number of rotatable bonds is 7. The highest BCUT2D eigenvalue weighted by Gasteiger charge is 2.32. The van der Waals surface area contributed by atoms with E-state index in [1.807, 2.05) is 30.3 Å². The van der Waals surface area contributed by atoms with Crippen LogP contribution in [0.15, 0.2) is 53.9 Å². The summed E-state index contributed by atoms with van der Waals surface area (Å²) < 4.78 is 5.33. The van der Waals surface area contributed by atoms with Crippen LogP contribution in [0, 0.1) is 0 Å². The van der Waals surface area contributed by atoms with Crippen LogP contribution in [0.4, 0.5) is 0 Å². The average molecular weight is 411 g/mol. The van der Waals surface area contributed by atoms with Gasteiger partial charge in [0.15, 0.2) is 0 Å². The second kappa shape index (κ2) is 9.08. The molecule has 2 heterocycles. The third kappa shape index (κ3) is 4.57. The summed E-state index contributed by atoms with van der Waals surface area (Å²) in [6, 6.07) is 11.0. The first kappa shape index (κ1) is 20.8. The molecule has 9 heteroatoms. The largest absolute Gasteiger partial charge is 0.511 e. The van der Waals surface area contributed by atoms with E-state index in [0.29, 0.717) is 11.4 Å². The third-order valence-electron chi connectivity index (χ3n) is 4.63. The number of carboxylic acids is 1. The van der Waals surface area contributed by atoms with Crippen LogP contribution < -0.4 is 10.1 Å². The molecule has 0 bridgehead atoms. The van der Waals surface area contributed by atoms with Crippen LogP contribution in [0.5, 0.6) is 5.75 Å². The monoisotopic (exact) mass is 411 g/mol. The normalized spacial score (nSPS) is 13.9. The number of nitrogens with zero attached hydrogens (tertiary/aromatic N) is 2. The van der Waals surface area contributed by atoms with E-state index in [0.717, 1.165) is 11.1 Å². The van der Waals surface area contributed by atoms with Crippen LogP contribution in [-0.4, -0.2) is 58.1 Å². The highest BCUT2D eigenvalue weighted by atomic mass is 16.5. The van der Waals surface area contributed by atoms with Crippen LogP contribution in [0.25, 0.3) is 11.3 Å². The molecule has 0 saturated heterocycles. The van der Waals surface area contributed by atoms with Crippen molar-refractivity contribution in [2.75, 3.05) is 20.2 Å². The molecule has 0 atom stereocenters. The lowest BCUT2D eigenvalue weighted by Crippen LogP contribution is -2.43. The molecule has 1 aliphatic heterocycles. The number of hydrogen-bond donors (Lipinski definition) is 3. The third-order valence-corrected chi connectivity index (χ3v) is 4.63. The first-order valence-corrected chi connectivity index (χ1v) is 9.20. The zero-order valence-corrected chi connectivity index (χ0v) is 16.3. The topological polar surface area (TPSA) is 129 Å². The smallest absolute Gasteiger partial charge is 0.322 e. The van der Waals surface area contributed by atoms with Crippen LogP contribution in [0.3, 0.4) is 0 Å². The van der Waals surface area contributed by atoms with Crippen LogP contribution in [0.2, 0.25) is 0 Å². The van der Waals surface area contributed by atoms with E-state index >= 15 is 0 Å². The summed E-state index contributed by atoms with van der Waals surface area (Å²) in [7, 11) is 1.57. The van der Waals surface area contributed by atoms with Gasteiger partial charge in [0.2, 0.25) is 0 Å². The van der Waals surface area contributed by atoms with Gasteiger partial charge in [-0.3, -0.25) is 19.4 Å². The van der Waals surface area contributed by atoms with Gasteiger partial charge in [-0.25, -0.2) is 0 Å². The quantitative estimate of drug-likeness (QED) is 0.589. The highest BCUT2D eigenvalue weighted by molar-refractivity contribution is 6.19. The Bertz CT molecular complexity index is 1000. The van der Waals surface area contributed by atoms with E-state index in [1.165, 1.54) is 4.90 Å². The molecule has 3 N–H and O–H groups in total. The van der Waals surface area contributed by atoms with Gasteiger partial charge < -0.3 is 25.2 Å². The van der Waals surface area contributed by atoms with Crippen molar-refractivity contribution in [3.63, 3.8) is 0 Å². The first-order chi connectivity index (χ1) is 14.4. The number of aliphatic hydroxyl groups excluding tert-OH is 1. The van der Waals surface area contributed by atoms with E-state index < -0.39 is 29.9 Å². The number of carbonyl (C=O) groups is 3. The number of aromatic nitrogens is 1.